The largest absolute Gasteiger partial charge is 0.497 e. The second-order valence-corrected chi connectivity index (χ2v) is 7.92. The maximum absolute atomic E-state index is 12.4. The van der Waals surface area contributed by atoms with Crippen LogP contribution in [0.5, 0.6) is 5.75 Å². The van der Waals surface area contributed by atoms with Crippen LogP contribution in [0.3, 0.4) is 0 Å². The second kappa shape index (κ2) is 7.03. The Morgan fingerprint density at radius 1 is 1.03 bits per heavy atom. The molecule has 2 aromatic heterocycles. The van der Waals surface area contributed by atoms with E-state index in [1.54, 1.807) is 14.0 Å². The van der Waals surface area contributed by atoms with Crippen molar-refractivity contribution in [2.75, 3.05) is 31.6 Å². The Bertz CT molecular complexity index is 1050. The molecule has 2 fully saturated rings. The molecule has 0 unspecified atom stereocenters. The van der Waals surface area contributed by atoms with Crippen molar-refractivity contribution < 1.29 is 9.53 Å². The summed E-state index contributed by atoms with van der Waals surface area (Å²) in [7, 11) is 1.67. The fraction of sp³-hybridized carbons (Fsp3) is 0.348. The van der Waals surface area contributed by atoms with Crippen molar-refractivity contribution in [1.82, 2.24) is 14.9 Å². The van der Waals surface area contributed by atoms with E-state index in [4.69, 9.17) is 4.74 Å². The number of carbonyl (C=O) groups is 1. The van der Waals surface area contributed by atoms with Gasteiger partial charge in [-0.3, -0.25) is 9.78 Å². The van der Waals surface area contributed by atoms with Crippen LogP contribution in [-0.2, 0) is 4.79 Å². The van der Waals surface area contributed by atoms with E-state index in [1.807, 2.05) is 41.6 Å². The number of hydrogen-bond donors (Lipinski definition) is 0. The molecule has 3 atom stereocenters. The number of aromatic nitrogens is 2. The van der Waals surface area contributed by atoms with Gasteiger partial charge in [-0.1, -0.05) is 12.1 Å². The van der Waals surface area contributed by atoms with Gasteiger partial charge in [-0.2, -0.15) is 0 Å². The fourth-order valence-electron chi connectivity index (χ4n) is 5.01. The topological polar surface area (TPSA) is 58.6 Å². The Labute approximate surface area is 170 Å². The molecular formula is C23H24N4O2. The summed E-state index contributed by atoms with van der Waals surface area (Å²) in [6.07, 6.45) is 3.65. The number of pyridine rings is 2. The van der Waals surface area contributed by atoms with Crippen molar-refractivity contribution in [3.05, 3.63) is 60.4 Å². The van der Waals surface area contributed by atoms with E-state index in [0.29, 0.717) is 11.8 Å². The van der Waals surface area contributed by atoms with E-state index >= 15 is 0 Å². The summed E-state index contributed by atoms with van der Waals surface area (Å²) in [4.78, 5) is 25.9. The zero-order valence-corrected chi connectivity index (χ0v) is 16.7. The van der Waals surface area contributed by atoms with Crippen molar-refractivity contribution >= 4 is 22.6 Å². The number of likely N-dealkylation sites (tertiary alicyclic amines) is 1. The quantitative estimate of drug-likeness (QED) is 0.689. The second-order valence-electron chi connectivity index (χ2n) is 7.92. The Hall–Kier alpha value is -3.15. The standard InChI is InChI=1S/C23H24N4O2/c1-15(28)27-13-17-12-26(23-19-4-3-10-24-21(19)9-11-25-23)14-20(17)22(27)16-5-7-18(29-2)8-6-16/h3-11,17,20,22H,12-14H2,1-2H3/t17-,20-,22+/m1/s1. The summed E-state index contributed by atoms with van der Waals surface area (Å²) in [5, 5.41) is 1.08. The third-order valence-corrected chi connectivity index (χ3v) is 6.33. The van der Waals surface area contributed by atoms with E-state index < -0.39 is 0 Å². The van der Waals surface area contributed by atoms with Crippen molar-refractivity contribution in [3.63, 3.8) is 0 Å². The lowest BCUT2D eigenvalue weighted by Crippen LogP contribution is -2.34. The summed E-state index contributed by atoms with van der Waals surface area (Å²) in [6, 6.07) is 14.2. The number of nitrogens with zero attached hydrogens (tertiary/aromatic N) is 4. The average molecular weight is 388 g/mol. The summed E-state index contributed by atoms with van der Waals surface area (Å²) < 4.78 is 5.31. The number of anilines is 1. The molecular weight excluding hydrogens is 364 g/mol. The first kappa shape index (κ1) is 17.9. The fourth-order valence-corrected chi connectivity index (χ4v) is 5.01. The highest BCUT2D eigenvalue weighted by molar-refractivity contribution is 5.89. The Kier molecular flexibility index (Phi) is 4.34. The van der Waals surface area contributed by atoms with Crippen LogP contribution in [-0.4, -0.2) is 47.5 Å². The van der Waals surface area contributed by atoms with Gasteiger partial charge in [0.05, 0.1) is 18.7 Å². The molecule has 0 spiro atoms. The van der Waals surface area contributed by atoms with Crippen molar-refractivity contribution in [3.8, 4) is 5.75 Å². The van der Waals surface area contributed by atoms with Crippen LogP contribution in [0.4, 0.5) is 5.82 Å². The highest BCUT2D eigenvalue weighted by atomic mass is 16.5. The third-order valence-electron chi connectivity index (χ3n) is 6.33. The molecule has 6 nitrogen and oxygen atoms in total. The van der Waals surface area contributed by atoms with Gasteiger partial charge in [0.2, 0.25) is 5.91 Å². The van der Waals surface area contributed by atoms with Crippen LogP contribution in [0.2, 0.25) is 0 Å². The lowest BCUT2D eigenvalue weighted by molar-refractivity contribution is -0.130. The van der Waals surface area contributed by atoms with Gasteiger partial charge >= 0.3 is 0 Å². The first-order valence-electron chi connectivity index (χ1n) is 10.0. The van der Waals surface area contributed by atoms with Crippen LogP contribution in [0.1, 0.15) is 18.5 Å². The maximum atomic E-state index is 12.4. The minimum Gasteiger partial charge on any atom is -0.497 e. The molecule has 6 heteroatoms. The number of carbonyl (C=O) groups excluding carboxylic acids is 1. The molecule has 5 rings (SSSR count). The third kappa shape index (κ3) is 2.99. The molecule has 2 aliphatic rings. The molecule has 29 heavy (non-hydrogen) atoms. The number of rotatable bonds is 3. The average Bonchev–Trinajstić information content (AvgIpc) is 3.31. The number of methoxy groups -OCH3 is 1. The molecule has 0 N–H and O–H groups in total. The number of fused-ring (bicyclic) bond motifs is 2. The van der Waals surface area contributed by atoms with Gasteiger partial charge in [0.25, 0.3) is 0 Å². The highest BCUT2D eigenvalue weighted by Gasteiger charge is 2.48. The van der Waals surface area contributed by atoms with Gasteiger partial charge in [0.15, 0.2) is 0 Å². The van der Waals surface area contributed by atoms with Crippen LogP contribution in [0, 0.1) is 11.8 Å². The molecule has 1 aromatic carbocycles. The lowest BCUT2D eigenvalue weighted by Gasteiger charge is -2.29. The number of amides is 1. The van der Waals surface area contributed by atoms with Gasteiger partial charge in [-0.25, -0.2) is 4.98 Å². The SMILES string of the molecule is COc1ccc([C@H]2[C@@H]3CN(c4nccc5ncccc45)C[C@@H]3CN2C(C)=O)cc1. The summed E-state index contributed by atoms with van der Waals surface area (Å²) in [5.41, 5.74) is 2.13. The van der Waals surface area contributed by atoms with Crippen molar-refractivity contribution in [2.24, 2.45) is 11.8 Å². The number of ether oxygens (including phenoxy) is 1. The normalized spacial score (nSPS) is 23.4. The van der Waals surface area contributed by atoms with Gasteiger partial charge < -0.3 is 14.5 Å². The molecule has 4 heterocycles. The van der Waals surface area contributed by atoms with Gasteiger partial charge in [0.1, 0.15) is 11.6 Å². The summed E-state index contributed by atoms with van der Waals surface area (Å²) in [5.74, 6) is 2.77. The van der Waals surface area contributed by atoms with Gasteiger partial charge in [0, 0.05) is 56.2 Å². The minimum atomic E-state index is 0.0847. The van der Waals surface area contributed by atoms with E-state index in [9.17, 15) is 4.79 Å². The number of benzene rings is 1. The van der Waals surface area contributed by atoms with Crippen LogP contribution in [0.25, 0.3) is 10.9 Å². The minimum absolute atomic E-state index is 0.0847. The Morgan fingerprint density at radius 3 is 2.62 bits per heavy atom. The molecule has 0 saturated carbocycles. The molecule has 148 valence electrons. The van der Waals surface area contributed by atoms with E-state index in [0.717, 1.165) is 42.1 Å². The molecule has 0 bridgehead atoms. The maximum Gasteiger partial charge on any atom is 0.219 e. The van der Waals surface area contributed by atoms with Gasteiger partial charge in [-0.05, 0) is 35.9 Å². The van der Waals surface area contributed by atoms with E-state index in [-0.39, 0.29) is 11.9 Å². The van der Waals surface area contributed by atoms with Crippen LogP contribution >= 0.6 is 0 Å². The summed E-state index contributed by atoms with van der Waals surface area (Å²) >= 11 is 0. The predicted molar refractivity (Wildman–Crippen MR) is 112 cm³/mol. The van der Waals surface area contributed by atoms with Crippen molar-refractivity contribution in [2.45, 2.75) is 13.0 Å². The van der Waals surface area contributed by atoms with Gasteiger partial charge in [-0.15, -0.1) is 0 Å². The first-order valence-corrected chi connectivity index (χ1v) is 10.0. The van der Waals surface area contributed by atoms with Crippen LogP contribution in [0.15, 0.2) is 54.9 Å². The zero-order valence-electron chi connectivity index (χ0n) is 16.7. The highest BCUT2D eigenvalue weighted by Crippen LogP contribution is 2.46. The molecule has 1 amide bonds. The lowest BCUT2D eigenvalue weighted by atomic mass is 9.89. The monoisotopic (exact) mass is 388 g/mol. The molecule has 0 aliphatic carbocycles. The number of hydrogen-bond acceptors (Lipinski definition) is 5. The molecule has 2 aliphatic heterocycles. The Morgan fingerprint density at radius 2 is 1.86 bits per heavy atom. The first-order chi connectivity index (χ1) is 14.2. The smallest absolute Gasteiger partial charge is 0.219 e. The van der Waals surface area contributed by atoms with Crippen molar-refractivity contribution in [1.29, 1.82) is 0 Å². The predicted octanol–water partition coefficient (Wildman–Crippen LogP) is 3.29. The molecule has 0 radical (unpaired) electrons. The zero-order chi connectivity index (χ0) is 20.0. The molecule has 3 aromatic rings. The summed E-state index contributed by atoms with van der Waals surface area (Å²) in [6.45, 7) is 4.25. The van der Waals surface area contributed by atoms with Crippen LogP contribution < -0.4 is 9.64 Å². The van der Waals surface area contributed by atoms with E-state index in [2.05, 4.69) is 33.1 Å². The van der Waals surface area contributed by atoms with E-state index in [1.165, 1.54) is 5.56 Å². The Balaban J connectivity index is 1.48. The molecule has 2 saturated heterocycles.